The van der Waals surface area contributed by atoms with E-state index < -0.39 is 26.6 Å². The zero-order chi connectivity index (χ0) is 38.6. The number of aliphatic hydroxyl groups is 1. The van der Waals surface area contributed by atoms with Crippen molar-refractivity contribution >= 4 is 13.7 Å². The molecule has 0 aliphatic rings. The summed E-state index contributed by atoms with van der Waals surface area (Å²) in [5.41, 5.74) is 0. The van der Waals surface area contributed by atoms with Crippen LogP contribution in [0.5, 0.6) is 0 Å². The topological polar surface area (TPSA) is 108 Å². The van der Waals surface area contributed by atoms with E-state index >= 15 is 0 Å². The number of unbranched alkanes of at least 4 members (excludes halogenated alkanes) is 21. The maximum Gasteiger partial charge on any atom is 0.268 e. The average Bonchev–Trinajstić information content (AvgIpc) is 3.09. The molecule has 0 aliphatic carbocycles. The molecule has 0 rings (SSSR count). The highest BCUT2D eigenvalue weighted by Gasteiger charge is 2.23. The molecule has 52 heavy (non-hydrogen) atoms. The van der Waals surface area contributed by atoms with E-state index in [0.717, 1.165) is 44.9 Å². The number of nitrogens with one attached hydrogen (secondary N) is 1. The second-order valence-corrected chi connectivity index (χ2v) is 17.1. The van der Waals surface area contributed by atoms with Crippen molar-refractivity contribution in [1.29, 1.82) is 0 Å². The van der Waals surface area contributed by atoms with Crippen molar-refractivity contribution in [1.82, 2.24) is 5.32 Å². The molecule has 9 heteroatoms. The number of hydrogen-bond donors (Lipinski definition) is 2. The molecule has 0 aromatic heterocycles. The fourth-order valence-corrected chi connectivity index (χ4v) is 6.61. The van der Waals surface area contributed by atoms with Crippen LogP contribution in [0.15, 0.2) is 36.5 Å². The largest absolute Gasteiger partial charge is 0.756 e. The van der Waals surface area contributed by atoms with Gasteiger partial charge in [0, 0.05) is 6.42 Å². The second kappa shape index (κ2) is 35.4. The number of phosphoric ester groups is 1. The predicted octanol–water partition coefficient (Wildman–Crippen LogP) is 10.9. The molecule has 0 bridgehead atoms. The number of carbonyl (C=O) groups excluding carboxylic acids is 1. The number of carbonyl (C=O) groups is 1. The van der Waals surface area contributed by atoms with E-state index in [2.05, 4.69) is 43.5 Å². The Labute approximate surface area is 321 Å². The number of allylic oxidation sites excluding steroid dienone is 5. The summed E-state index contributed by atoms with van der Waals surface area (Å²) in [6.07, 6.45) is 41.8. The van der Waals surface area contributed by atoms with Crippen molar-refractivity contribution in [2.75, 3.05) is 40.9 Å². The smallest absolute Gasteiger partial charge is 0.268 e. The normalized spacial score (nSPS) is 14.8. The van der Waals surface area contributed by atoms with Crippen LogP contribution in [-0.2, 0) is 18.4 Å². The van der Waals surface area contributed by atoms with Gasteiger partial charge in [0.15, 0.2) is 0 Å². The third-order valence-electron chi connectivity index (χ3n) is 9.33. The molecule has 306 valence electrons. The van der Waals surface area contributed by atoms with Crippen LogP contribution in [0.4, 0.5) is 0 Å². The Morgan fingerprint density at radius 2 is 1.08 bits per heavy atom. The minimum absolute atomic E-state index is 0.00805. The van der Waals surface area contributed by atoms with Gasteiger partial charge in [-0.15, -0.1) is 0 Å². The molecule has 0 aliphatic heterocycles. The van der Waals surface area contributed by atoms with Crippen LogP contribution in [-0.4, -0.2) is 68.5 Å². The second-order valence-electron chi connectivity index (χ2n) is 15.7. The monoisotopic (exact) mass is 755 g/mol. The first-order valence-corrected chi connectivity index (χ1v) is 22.8. The number of likely N-dealkylation sites (N-methyl/N-ethyl adjacent to an activating group) is 1. The van der Waals surface area contributed by atoms with Crippen LogP contribution in [0.2, 0.25) is 0 Å². The van der Waals surface area contributed by atoms with Gasteiger partial charge in [0.25, 0.3) is 7.82 Å². The van der Waals surface area contributed by atoms with E-state index in [9.17, 15) is 19.4 Å². The van der Waals surface area contributed by atoms with Crippen molar-refractivity contribution in [3.63, 3.8) is 0 Å². The number of quaternary nitrogens is 1. The number of phosphoric acid groups is 1. The SMILES string of the molecule is CCCCCCCC/C=C/CC/C=C/CC/C=C/C(O)C(COP(=O)([O-])OCC[N+](C)(C)C)NC(=O)CCCCCCCCCCCCCCCC. The highest BCUT2D eigenvalue weighted by Crippen LogP contribution is 2.38. The summed E-state index contributed by atoms with van der Waals surface area (Å²) in [6.45, 7) is 4.60. The van der Waals surface area contributed by atoms with Gasteiger partial charge in [-0.2, -0.15) is 0 Å². The zero-order valence-corrected chi connectivity index (χ0v) is 35.4. The number of rotatable bonds is 38. The summed E-state index contributed by atoms with van der Waals surface area (Å²) in [7, 11) is 1.24. The van der Waals surface area contributed by atoms with E-state index in [1.807, 2.05) is 27.2 Å². The van der Waals surface area contributed by atoms with Crippen molar-refractivity contribution in [3.05, 3.63) is 36.5 Å². The van der Waals surface area contributed by atoms with Crippen LogP contribution >= 0.6 is 7.82 Å². The number of nitrogens with zero attached hydrogens (tertiary/aromatic N) is 1. The van der Waals surface area contributed by atoms with Gasteiger partial charge in [0.1, 0.15) is 13.2 Å². The summed E-state index contributed by atoms with van der Waals surface area (Å²) in [4.78, 5) is 25.2. The van der Waals surface area contributed by atoms with E-state index in [0.29, 0.717) is 17.4 Å². The zero-order valence-electron chi connectivity index (χ0n) is 34.5. The van der Waals surface area contributed by atoms with Crippen molar-refractivity contribution in [3.8, 4) is 0 Å². The maximum atomic E-state index is 12.8. The van der Waals surface area contributed by atoms with Crippen LogP contribution < -0.4 is 10.2 Å². The first kappa shape index (κ1) is 50.7. The molecule has 0 saturated heterocycles. The van der Waals surface area contributed by atoms with Gasteiger partial charge in [-0.1, -0.05) is 166 Å². The molecule has 0 fully saturated rings. The van der Waals surface area contributed by atoms with Crippen molar-refractivity contribution < 1.29 is 32.9 Å². The average molecular weight is 755 g/mol. The molecular formula is C43H83N2O6P. The van der Waals surface area contributed by atoms with Gasteiger partial charge in [0.2, 0.25) is 5.91 Å². The molecule has 0 saturated carbocycles. The lowest BCUT2D eigenvalue weighted by atomic mass is 10.0. The lowest BCUT2D eigenvalue weighted by Gasteiger charge is -2.29. The van der Waals surface area contributed by atoms with Gasteiger partial charge in [0.05, 0.1) is 39.9 Å². The molecule has 3 unspecified atom stereocenters. The van der Waals surface area contributed by atoms with E-state index in [1.165, 1.54) is 116 Å². The molecule has 0 spiro atoms. The standard InChI is InChI=1S/C43H83N2O6P/c1-6-8-10-12-14-16-18-20-22-23-24-26-28-30-32-34-36-42(46)41(40-51-52(48,49)50-39-38-45(3,4)5)44-43(47)37-35-33-31-29-27-25-21-19-17-15-13-11-9-7-2/h20,22,26,28,34,36,41-42,46H,6-19,21,23-25,27,29-33,35,37-40H2,1-5H3,(H-,44,47,48,49)/b22-20+,28-26+,36-34+. The minimum Gasteiger partial charge on any atom is -0.756 e. The Balaban J connectivity index is 4.54. The number of aliphatic hydroxyl groups excluding tert-OH is 1. The first-order chi connectivity index (χ1) is 25.0. The summed E-state index contributed by atoms with van der Waals surface area (Å²) < 4.78 is 23.1. The Bertz CT molecular complexity index is 948. The summed E-state index contributed by atoms with van der Waals surface area (Å²) >= 11 is 0. The Kier molecular flexibility index (Phi) is 34.6. The summed E-state index contributed by atoms with van der Waals surface area (Å²) in [5, 5.41) is 13.7. The summed E-state index contributed by atoms with van der Waals surface area (Å²) in [5.74, 6) is -0.212. The van der Waals surface area contributed by atoms with E-state index in [4.69, 9.17) is 9.05 Å². The molecule has 3 atom stereocenters. The number of hydrogen-bond acceptors (Lipinski definition) is 6. The molecule has 8 nitrogen and oxygen atoms in total. The van der Waals surface area contributed by atoms with Crippen LogP contribution in [0.25, 0.3) is 0 Å². The van der Waals surface area contributed by atoms with Gasteiger partial charge in [-0.05, 0) is 44.9 Å². The minimum atomic E-state index is -4.59. The maximum absolute atomic E-state index is 12.8. The van der Waals surface area contributed by atoms with Gasteiger partial charge in [-0.25, -0.2) is 0 Å². The molecule has 1 amide bonds. The highest BCUT2D eigenvalue weighted by molar-refractivity contribution is 7.45. The van der Waals surface area contributed by atoms with E-state index in [-0.39, 0.29) is 12.5 Å². The third kappa shape index (κ3) is 37.1. The number of amides is 1. The van der Waals surface area contributed by atoms with Gasteiger partial charge < -0.3 is 28.8 Å². The van der Waals surface area contributed by atoms with Crippen molar-refractivity contribution in [2.24, 2.45) is 0 Å². The van der Waals surface area contributed by atoms with Crippen LogP contribution in [0.1, 0.15) is 181 Å². The Morgan fingerprint density at radius 1 is 0.654 bits per heavy atom. The molecule has 0 radical (unpaired) electrons. The fraction of sp³-hybridized carbons (Fsp3) is 0.837. The van der Waals surface area contributed by atoms with Crippen molar-refractivity contribution in [2.45, 2.75) is 193 Å². The molecule has 0 aromatic carbocycles. The van der Waals surface area contributed by atoms with Crippen LogP contribution in [0, 0.1) is 0 Å². The molecule has 0 aromatic rings. The highest BCUT2D eigenvalue weighted by atomic mass is 31.2. The van der Waals surface area contributed by atoms with Gasteiger partial charge in [-0.3, -0.25) is 9.36 Å². The Morgan fingerprint density at radius 3 is 1.56 bits per heavy atom. The molecule has 0 heterocycles. The fourth-order valence-electron chi connectivity index (χ4n) is 5.89. The van der Waals surface area contributed by atoms with E-state index in [1.54, 1.807) is 6.08 Å². The summed E-state index contributed by atoms with van der Waals surface area (Å²) in [6, 6.07) is -0.904. The predicted molar refractivity (Wildman–Crippen MR) is 219 cm³/mol. The first-order valence-electron chi connectivity index (χ1n) is 21.4. The molecular weight excluding hydrogens is 671 g/mol. The third-order valence-corrected chi connectivity index (χ3v) is 10.3. The lowest BCUT2D eigenvalue weighted by molar-refractivity contribution is -0.870. The quantitative estimate of drug-likeness (QED) is 0.0281. The van der Waals surface area contributed by atoms with Gasteiger partial charge >= 0.3 is 0 Å². The lowest BCUT2D eigenvalue weighted by Crippen LogP contribution is -2.45. The molecule has 2 N–H and O–H groups in total. The Hall–Kier alpha value is -1.28. The van der Waals surface area contributed by atoms with Crippen LogP contribution in [0.3, 0.4) is 0 Å².